The molecule has 0 aliphatic carbocycles. The van der Waals surface area contributed by atoms with Crippen molar-refractivity contribution in [3.8, 4) is 0 Å². The summed E-state index contributed by atoms with van der Waals surface area (Å²) in [6.45, 7) is -0.348. The highest BCUT2D eigenvalue weighted by Gasteiger charge is 2.18. The van der Waals surface area contributed by atoms with Crippen molar-refractivity contribution in [1.82, 2.24) is 13.9 Å². The lowest BCUT2D eigenvalue weighted by molar-refractivity contribution is -0.116. The van der Waals surface area contributed by atoms with Gasteiger partial charge in [-0.15, -0.1) is 0 Å². The number of aliphatic hydroxyl groups is 1. The van der Waals surface area contributed by atoms with E-state index in [9.17, 15) is 18.3 Å². The highest BCUT2D eigenvalue weighted by atomic mass is 32.2. The second-order valence-electron chi connectivity index (χ2n) is 6.12. The Morgan fingerprint density at radius 2 is 1.93 bits per heavy atom. The number of benzene rings is 2. The number of fused-ring (bicyclic) bond motifs is 1. The fraction of sp³-hybridized carbons (Fsp3) is 0.222. The van der Waals surface area contributed by atoms with E-state index in [1.807, 2.05) is 18.2 Å². The third-order valence-electron chi connectivity index (χ3n) is 4.07. The summed E-state index contributed by atoms with van der Waals surface area (Å²) in [4.78, 5) is 16.9. The van der Waals surface area contributed by atoms with Gasteiger partial charge in [0.1, 0.15) is 19.0 Å². The summed E-state index contributed by atoms with van der Waals surface area (Å²) in [6.07, 6.45) is 0. The molecule has 1 heterocycles. The van der Waals surface area contributed by atoms with Gasteiger partial charge in [0.2, 0.25) is 15.9 Å². The number of imidazole rings is 1. The zero-order chi connectivity index (χ0) is 19.6. The molecular weight excluding hydrogens is 368 g/mol. The van der Waals surface area contributed by atoms with Crippen LogP contribution in [-0.4, -0.2) is 47.4 Å². The van der Waals surface area contributed by atoms with E-state index in [0.717, 1.165) is 9.82 Å². The molecule has 2 N–H and O–H groups in total. The topological polar surface area (TPSA) is 105 Å². The van der Waals surface area contributed by atoms with Crippen LogP contribution in [0.1, 0.15) is 5.82 Å². The first kappa shape index (κ1) is 19.0. The van der Waals surface area contributed by atoms with Crippen LogP contribution >= 0.6 is 0 Å². The number of para-hydroxylation sites is 2. The number of nitrogens with zero attached hydrogens (tertiary/aromatic N) is 3. The minimum absolute atomic E-state index is 0.0545. The quantitative estimate of drug-likeness (QED) is 0.664. The number of hydrogen-bond donors (Lipinski definition) is 2. The van der Waals surface area contributed by atoms with E-state index >= 15 is 0 Å². The largest absolute Gasteiger partial charge is 0.388 e. The van der Waals surface area contributed by atoms with Crippen molar-refractivity contribution in [2.45, 2.75) is 18.0 Å². The van der Waals surface area contributed by atoms with Gasteiger partial charge in [-0.05, 0) is 30.3 Å². The van der Waals surface area contributed by atoms with Crippen molar-refractivity contribution < 1.29 is 18.3 Å². The number of anilines is 1. The molecular formula is C18H20N4O4S. The van der Waals surface area contributed by atoms with Crippen LogP contribution in [0.5, 0.6) is 0 Å². The Labute approximate surface area is 157 Å². The van der Waals surface area contributed by atoms with E-state index < -0.39 is 10.0 Å². The molecule has 0 atom stereocenters. The Bertz CT molecular complexity index is 1090. The van der Waals surface area contributed by atoms with Crippen LogP contribution in [-0.2, 0) is 28.0 Å². The molecule has 0 fully saturated rings. The van der Waals surface area contributed by atoms with E-state index in [-0.39, 0.29) is 24.0 Å². The molecule has 0 bridgehead atoms. The van der Waals surface area contributed by atoms with Crippen LogP contribution in [0, 0.1) is 0 Å². The summed E-state index contributed by atoms with van der Waals surface area (Å²) < 4.78 is 27.2. The number of nitrogens with one attached hydrogen (secondary N) is 1. The molecule has 3 aromatic rings. The maximum Gasteiger partial charge on any atom is 0.244 e. The lowest BCUT2D eigenvalue weighted by Gasteiger charge is -2.13. The highest BCUT2D eigenvalue weighted by Crippen LogP contribution is 2.19. The Morgan fingerprint density at radius 3 is 2.63 bits per heavy atom. The number of aromatic nitrogens is 2. The molecule has 0 radical (unpaired) electrons. The third kappa shape index (κ3) is 3.85. The van der Waals surface area contributed by atoms with E-state index in [1.165, 1.54) is 26.2 Å². The summed E-state index contributed by atoms with van der Waals surface area (Å²) in [7, 11) is -0.700. The van der Waals surface area contributed by atoms with Crippen LogP contribution in [0.15, 0.2) is 53.4 Å². The van der Waals surface area contributed by atoms with Crippen LogP contribution < -0.4 is 5.32 Å². The van der Waals surface area contributed by atoms with Crippen molar-refractivity contribution >= 4 is 32.7 Å². The summed E-state index contributed by atoms with van der Waals surface area (Å²) in [6, 6.07) is 13.3. The standard InChI is InChI=1S/C18H20N4O4S/c1-21(2)27(25,26)14-7-5-6-13(10-14)19-18(24)11-22-16-9-4-3-8-15(16)20-17(22)12-23/h3-10,23H,11-12H2,1-2H3,(H,19,24). The van der Waals surface area contributed by atoms with Gasteiger partial charge in [0.25, 0.3) is 0 Å². The van der Waals surface area contributed by atoms with Crippen LogP contribution in [0.25, 0.3) is 11.0 Å². The number of aliphatic hydroxyl groups excluding tert-OH is 1. The molecule has 1 amide bonds. The fourth-order valence-corrected chi connectivity index (χ4v) is 3.66. The van der Waals surface area contributed by atoms with Gasteiger partial charge < -0.3 is 15.0 Å². The Morgan fingerprint density at radius 1 is 1.19 bits per heavy atom. The normalized spacial score (nSPS) is 11.9. The molecule has 0 spiro atoms. The SMILES string of the molecule is CN(C)S(=O)(=O)c1cccc(NC(=O)Cn2c(CO)nc3ccccc32)c1. The maximum absolute atomic E-state index is 12.5. The van der Waals surface area contributed by atoms with Gasteiger partial charge in [-0.2, -0.15) is 0 Å². The number of carbonyl (C=O) groups excluding carboxylic acids is 1. The minimum atomic E-state index is -3.59. The molecule has 0 unspecified atom stereocenters. The molecule has 27 heavy (non-hydrogen) atoms. The van der Waals surface area contributed by atoms with Gasteiger partial charge >= 0.3 is 0 Å². The van der Waals surface area contributed by atoms with Crippen LogP contribution in [0.2, 0.25) is 0 Å². The van der Waals surface area contributed by atoms with Crippen molar-refractivity contribution in [2.75, 3.05) is 19.4 Å². The molecule has 2 aromatic carbocycles. The number of carbonyl (C=O) groups is 1. The Kier molecular flexibility index (Phi) is 5.26. The van der Waals surface area contributed by atoms with Gasteiger partial charge in [0, 0.05) is 19.8 Å². The van der Waals surface area contributed by atoms with Gasteiger partial charge in [0.15, 0.2) is 0 Å². The first-order valence-electron chi connectivity index (χ1n) is 8.20. The van der Waals surface area contributed by atoms with E-state index in [0.29, 0.717) is 17.0 Å². The zero-order valence-corrected chi connectivity index (χ0v) is 15.8. The molecule has 3 rings (SSSR count). The number of rotatable bonds is 6. The van der Waals surface area contributed by atoms with Crippen molar-refractivity contribution in [2.24, 2.45) is 0 Å². The van der Waals surface area contributed by atoms with Crippen molar-refractivity contribution in [3.63, 3.8) is 0 Å². The average Bonchev–Trinajstić information content (AvgIpc) is 2.99. The van der Waals surface area contributed by atoms with Crippen molar-refractivity contribution in [3.05, 3.63) is 54.4 Å². The number of sulfonamides is 1. The van der Waals surface area contributed by atoms with Crippen LogP contribution in [0.3, 0.4) is 0 Å². The number of amides is 1. The molecule has 0 saturated carbocycles. The van der Waals surface area contributed by atoms with Gasteiger partial charge in [-0.3, -0.25) is 4.79 Å². The summed E-state index contributed by atoms with van der Waals surface area (Å²) in [5, 5.41) is 12.2. The smallest absolute Gasteiger partial charge is 0.244 e. The zero-order valence-electron chi connectivity index (χ0n) is 15.0. The Balaban J connectivity index is 1.83. The molecule has 9 heteroatoms. The molecule has 8 nitrogen and oxygen atoms in total. The lowest BCUT2D eigenvalue weighted by Crippen LogP contribution is -2.23. The molecule has 0 aliphatic rings. The summed E-state index contributed by atoms with van der Waals surface area (Å²) in [5.41, 5.74) is 1.80. The predicted octanol–water partition coefficient (Wildman–Crippen LogP) is 1.42. The van der Waals surface area contributed by atoms with Gasteiger partial charge in [0.05, 0.1) is 15.9 Å². The summed E-state index contributed by atoms with van der Waals surface area (Å²) in [5.74, 6) is 0.0301. The maximum atomic E-state index is 12.5. The first-order chi connectivity index (χ1) is 12.8. The first-order valence-corrected chi connectivity index (χ1v) is 9.64. The molecule has 142 valence electrons. The average molecular weight is 388 g/mol. The van der Waals surface area contributed by atoms with Crippen LogP contribution in [0.4, 0.5) is 5.69 Å². The van der Waals surface area contributed by atoms with Gasteiger partial charge in [-0.1, -0.05) is 18.2 Å². The summed E-state index contributed by atoms with van der Waals surface area (Å²) >= 11 is 0. The molecule has 0 aliphatic heterocycles. The molecule has 1 aromatic heterocycles. The van der Waals surface area contributed by atoms with E-state index in [2.05, 4.69) is 10.3 Å². The second kappa shape index (κ2) is 7.47. The predicted molar refractivity (Wildman–Crippen MR) is 102 cm³/mol. The van der Waals surface area contributed by atoms with Gasteiger partial charge in [-0.25, -0.2) is 17.7 Å². The second-order valence-corrected chi connectivity index (χ2v) is 8.28. The minimum Gasteiger partial charge on any atom is -0.388 e. The third-order valence-corrected chi connectivity index (χ3v) is 5.88. The van der Waals surface area contributed by atoms with Crippen molar-refractivity contribution in [1.29, 1.82) is 0 Å². The fourth-order valence-electron chi connectivity index (χ4n) is 2.71. The molecule has 0 saturated heterocycles. The number of hydrogen-bond acceptors (Lipinski definition) is 5. The van der Waals surface area contributed by atoms with E-state index in [1.54, 1.807) is 22.8 Å². The lowest BCUT2D eigenvalue weighted by atomic mass is 10.3. The monoisotopic (exact) mass is 388 g/mol. The Hall–Kier alpha value is -2.75. The van der Waals surface area contributed by atoms with E-state index in [4.69, 9.17) is 0 Å². The highest BCUT2D eigenvalue weighted by molar-refractivity contribution is 7.89.